The Labute approximate surface area is 193 Å². The average molecular weight is 447 g/mol. The summed E-state index contributed by atoms with van der Waals surface area (Å²) in [5.41, 5.74) is 3.48. The maximum Gasteiger partial charge on any atom is 0.253 e. The summed E-state index contributed by atoms with van der Waals surface area (Å²) < 4.78 is 0. The molecule has 2 fully saturated rings. The van der Waals surface area contributed by atoms with Gasteiger partial charge in [-0.3, -0.25) is 4.79 Å². The normalized spacial score (nSPS) is 19.2. The number of aryl methyl sites for hydroxylation is 3. The zero-order valence-corrected chi connectivity index (χ0v) is 19.6. The highest BCUT2D eigenvalue weighted by atomic mass is 32.1. The van der Waals surface area contributed by atoms with Gasteiger partial charge in [-0.2, -0.15) is 0 Å². The summed E-state index contributed by atoms with van der Waals surface area (Å²) in [6, 6.07) is 7.92. The smallest absolute Gasteiger partial charge is 0.253 e. The van der Waals surface area contributed by atoms with Crippen LogP contribution in [-0.2, 0) is 12.8 Å². The molecule has 0 atom stereocenters. The van der Waals surface area contributed by atoms with Crippen LogP contribution in [0.15, 0.2) is 24.3 Å². The lowest BCUT2D eigenvalue weighted by Crippen LogP contribution is -2.49. The van der Waals surface area contributed by atoms with E-state index >= 15 is 0 Å². The van der Waals surface area contributed by atoms with Gasteiger partial charge in [0.1, 0.15) is 16.5 Å². The molecule has 2 aromatic heterocycles. The molecular weight excluding hydrogens is 416 g/mol. The minimum Gasteiger partial charge on any atom is -0.352 e. The second-order valence-corrected chi connectivity index (χ2v) is 10.7. The lowest BCUT2D eigenvalue weighted by molar-refractivity contribution is 0.0746. The van der Waals surface area contributed by atoms with E-state index < -0.39 is 0 Å². The summed E-state index contributed by atoms with van der Waals surface area (Å²) in [6.07, 6.45) is 8.65. The zero-order chi connectivity index (χ0) is 21.7. The van der Waals surface area contributed by atoms with E-state index in [4.69, 9.17) is 9.97 Å². The lowest BCUT2D eigenvalue weighted by atomic mass is 10.1. The Balaban J connectivity index is 1.29. The summed E-state index contributed by atoms with van der Waals surface area (Å²) in [7, 11) is 0. The number of hydrogen-bond donors (Lipinski definition) is 0. The molecule has 3 aliphatic rings. The maximum atomic E-state index is 13.0. The molecule has 6 rings (SSSR count). The van der Waals surface area contributed by atoms with Gasteiger partial charge in [-0.25, -0.2) is 9.97 Å². The number of nitrogens with zero attached hydrogens (tertiary/aromatic N) is 4. The van der Waals surface area contributed by atoms with Crippen molar-refractivity contribution in [3.63, 3.8) is 0 Å². The summed E-state index contributed by atoms with van der Waals surface area (Å²) in [5, 5.41) is 1.31. The molecule has 1 saturated carbocycles. The average Bonchev–Trinajstić information content (AvgIpc) is 3.64. The Kier molecular flexibility index (Phi) is 5.13. The predicted octanol–water partition coefficient (Wildman–Crippen LogP) is 5.11. The number of carbonyl (C=O) groups excluding carboxylic acids is 1. The second kappa shape index (κ2) is 8.14. The molecule has 0 unspecified atom stereocenters. The van der Waals surface area contributed by atoms with Crippen molar-refractivity contribution in [3.8, 4) is 0 Å². The van der Waals surface area contributed by atoms with Crippen molar-refractivity contribution in [1.29, 1.82) is 0 Å². The third-order valence-corrected chi connectivity index (χ3v) is 8.36. The summed E-state index contributed by atoms with van der Waals surface area (Å²) in [5.74, 6) is 2.87. The van der Waals surface area contributed by atoms with Crippen LogP contribution in [-0.4, -0.2) is 47.0 Å². The number of benzene rings is 1. The lowest BCUT2D eigenvalue weighted by Gasteiger charge is -2.36. The molecule has 0 radical (unpaired) electrons. The third kappa shape index (κ3) is 3.68. The van der Waals surface area contributed by atoms with Gasteiger partial charge in [0.2, 0.25) is 0 Å². The van der Waals surface area contributed by atoms with Crippen molar-refractivity contribution in [3.05, 3.63) is 51.7 Å². The molecule has 1 aliphatic heterocycles. The van der Waals surface area contributed by atoms with Crippen LogP contribution < -0.4 is 4.90 Å². The molecule has 0 N–H and O–H groups in total. The maximum absolute atomic E-state index is 13.0. The minimum absolute atomic E-state index is 0.139. The van der Waals surface area contributed by atoms with Crippen LogP contribution in [0.3, 0.4) is 0 Å². The highest BCUT2D eigenvalue weighted by molar-refractivity contribution is 7.19. The third-order valence-electron chi connectivity index (χ3n) is 7.17. The largest absolute Gasteiger partial charge is 0.352 e. The Morgan fingerprint density at radius 3 is 2.47 bits per heavy atom. The van der Waals surface area contributed by atoms with E-state index in [1.54, 1.807) is 0 Å². The van der Waals surface area contributed by atoms with Crippen molar-refractivity contribution >= 4 is 33.3 Å². The van der Waals surface area contributed by atoms with Crippen molar-refractivity contribution in [2.45, 2.75) is 57.8 Å². The molecule has 2 aliphatic carbocycles. The number of piperazine rings is 1. The number of thiophene rings is 1. The van der Waals surface area contributed by atoms with E-state index in [9.17, 15) is 4.79 Å². The van der Waals surface area contributed by atoms with E-state index in [1.165, 1.54) is 64.7 Å². The van der Waals surface area contributed by atoms with Gasteiger partial charge in [-0.15, -0.1) is 11.3 Å². The van der Waals surface area contributed by atoms with Crippen LogP contribution in [0.1, 0.15) is 70.2 Å². The van der Waals surface area contributed by atoms with Crippen molar-refractivity contribution in [1.82, 2.24) is 14.9 Å². The first kappa shape index (κ1) is 20.2. The molecule has 32 heavy (non-hydrogen) atoms. The fraction of sp³-hybridized carbons (Fsp3) is 0.500. The van der Waals surface area contributed by atoms with Gasteiger partial charge < -0.3 is 9.80 Å². The van der Waals surface area contributed by atoms with Crippen LogP contribution in [0.25, 0.3) is 10.2 Å². The molecule has 166 valence electrons. The van der Waals surface area contributed by atoms with Crippen LogP contribution in [0.5, 0.6) is 0 Å². The first-order chi connectivity index (χ1) is 15.7. The molecule has 0 spiro atoms. The first-order valence-electron chi connectivity index (χ1n) is 12.1. The Morgan fingerprint density at radius 1 is 0.969 bits per heavy atom. The quantitative estimate of drug-likeness (QED) is 0.525. The molecule has 0 bridgehead atoms. The fourth-order valence-electron chi connectivity index (χ4n) is 5.08. The molecule has 1 saturated heterocycles. The Hall–Kier alpha value is -2.47. The zero-order valence-electron chi connectivity index (χ0n) is 18.8. The fourth-order valence-corrected chi connectivity index (χ4v) is 6.35. The number of aromatic nitrogens is 2. The van der Waals surface area contributed by atoms with Crippen LogP contribution in [0.2, 0.25) is 0 Å². The van der Waals surface area contributed by atoms with E-state index in [2.05, 4.69) is 11.8 Å². The Bertz CT molecular complexity index is 1160. The minimum atomic E-state index is 0.139. The van der Waals surface area contributed by atoms with E-state index in [0.29, 0.717) is 5.92 Å². The molecular formula is C26H30N4OS. The van der Waals surface area contributed by atoms with Crippen LogP contribution >= 0.6 is 11.3 Å². The van der Waals surface area contributed by atoms with Gasteiger partial charge in [-0.1, -0.05) is 24.1 Å². The molecule has 1 amide bonds. The second-order valence-electron chi connectivity index (χ2n) is 9.57. The van der Waals surface area contributed by atoms with Crippen molar-refractivity contribution in [2.75, 3.05) is 31.1 Å². The molecule has 5 nitrogen and oxygen atoms in total. The van der Waals surface area contributed by atoms with Gasteiger partial charge >= 0.3 is 0 Å². The van der Waals surface area contributed by atoms with Crippen LogP contribution in [0.4, 0.5) is 5.82 Å². The number of hydrogen-bond acceptors (Lipinski definition) is 5. The highest BCUT2D eigenvalue weighted by Gasteiger charge is 2.32. The van der Waals surface area contributed by atoms with Gasteiger partial charge in [0.25, 0.3) is 5.91 Å². The first-order valence-corrected chi connectivity index (χ1v) is 12.9. The number of rotatable bonds is 3. The van der Waals surface area contributed by atoms with Crippen LogP contribution in [0, 0.1) is 6.92 Å². The van der Waals surface area contributed by atoms with Crippen molar-refractivity contribution < 1.29 is 4.79 Å². The van der Waals surface area contributed by atoms with E-state index in [1.807, 2.05) is 40.5 Å². The van der Waals surface area contributed by atoms with Gasteiger partial charge in [0.15, 0.2) is 0 Å². The number of amides is 1. The topological polar surface area (TPSA) is 49.3 Å². The number of anilines is 1. The number of fused-ring (bicyclic) bond motifs is 3. The highest BCUT2D eigenvalue weighted by Crippen LogP contribution is 2.44. The molecule has 3 heterocycles. The molecule has 1 aromatic carbocycles. The summed E-state index contributed by atoms with van der Waals surface area (Å²) >= 11 is 1.91. The molecule has 6 heteroatoms. The van der Waals surface area contributed by atoms with E-state index in [0.717, 1.165) is 49.8 Å². The Morgan fingerprint density at radius 2 is 1.72 bits per heavy atom. The molecule has 3 aromatic rings. The van der Waals surface area contributed by atoms with Gasteiger partial charge in [0, 0.05) is 42.5 Å². The van der Waals surface area contributed by atoms with Crippen molar-refractivity contribution in [2.24, 2.45) is 0 Å². The SMILES string of the molecule is Cc1ccc(C(=O)N2CCN(c3nc(C4CC4)nc4sc5c(c34)CCCCC5)CC2)cc1. The predicted molar refractivity (Wildman–Crippen MR) is 130 cm³/mol. The standard InChI is InChI=1S/C26H30N4OS/c1-17-7-9-19(10-8-17)26(31)30-15-13-29(14-16-30)24-22-20-5-3-2-4-6-21(20)32-25(22)28-23(27-24)18-11-12-18/h7-10,18H,2-6,11-16H2,1H3. The summed E-state index contributed by atoms with van der Waals surface area (Å²) in [4.78, 5) is 30.3. The van der Waals surface area contributed by atoms with Gasteiger partial charge in [-0.05, 0) is 63.1 Å². The van der Waals surface area contributed by atoms with E-state index in [-0.39, 0.29) is 5.91 Å². The van der Waals surface area contributed by atoms with Gasteiger partial charge in [0.05, 0.1) is 5.39 Å². The monoisotopic (exact) mass is 446 g/mol. The summed E-state index contributed by atoms with van der Waals surface area (Å²) in [6.45, 7) is 5.19. The number of carbonyl (C=O) groups is 1.